The lowest BCUT2D eigenvalue weighted by atomic mass is 9.97. The Morgan fingerprint density at radius 3 is 2.65 bits per heavy atom. The second-order valence-corrected chi connectivity index (χ2v) is 4.51. The van der Waals surface area contributed by atoms with Gasteiger partial charge in [0.2, 0.25) is 0 Å². The van der Waals surface area contributed by atoms with Crippen molar-refractivity contribution in [2.75, 3.05) is 7.11 Å². The number of methoxy groups -OCH3 is 1. The highest BCUT2D eigenvalue weighted by Crippen LogP contribution is 2.28. The molecule has 1 fully saturated rings. The van der Waals surface area contributed by atoms with Crippen LogP contribution in [0.5, 0.6) is 11.5 Å². The van der Waals surface area contributed by atoms with E-state index in [0.29, 0.717) is 6.10 Å². The van der Waals surface area contributed by atoms with Crippen LogP contribution in [0.3, 0.4) is 0 Å². The molecule has 3 heteroatoms. The summed E-state index contributed by atoms with van der Waals surface area (Å²) in [4.78, 5) is 0. The number of aliphatic hydroxyl groups excluding tert-OH is 1. The fraction of sp³-hybridized carbons (Fsp3) is 0.571. The lowest BCUT2D eigenvalue weighted by Gasteiger charge is -2.24. The molecule has 17 heavy (non-hydrogen) atoms. The van der Waals surface area contributed by atoms with Gasteiger partial charge in [0.1, 0.15) is 11.5 Å². The lowest BCUT2D eigenvalue weighted by molar-refractivity contribution is 0.149. The van der Waals surface area contributed by atoms with Gasteiger partial charge in [-0.2, -0.15) is 0 Å². The Morgan fingerprint density at radius 1 is 1.24 bits per heavy atom. The largest absolute Gasteiger partial charge is 0.497 e. The minimum atomic E-state index is -0.0146. The predicted octanol–water partition coefficient (Wildman–Crippen LogP) is 2.90. The van der Waals surface area contributed by atoms with Crippen molar-refractivity contribution < 1.29 is 14.6 Å². The summed E-state index contributed by atoms with van der Waals surface area (Å²) in [6.07, 6.45) is 6.36. The van der Waals surface area contributed by atoms with E-state index in [9.17, 15) is 5.11 Å². The zero-order chi connectivity index (χ0) is 12.1. The molecule has 2 rings (SSSR count). The Labute approximate surface area is 102 Å². The zero-order valence-electron chi connectivity index (χ0n) is 10.3. The van der Waals surface area contributed by atoms with E-state index in [4.69, 9.17) is 9.47 Å². The van der Waals surface area contributed by atoms with E-state index < -0.39 is 0 Å². The molecule has 1 aliphatic rings. The van der Waals surface area contributed by atoms with Gasteiger partial charge in [-0.1, -0.05) is 6.42 Å². The van der Waals surface area contributed by atoms with Crippen LogP contribution in [-0.2, 0) is 6.61 Å². The molecule has 3 nitrogen and oxygen atoms in total. The van der Waals surface area contributed by atoms with E-state index in [1.54, 1.807) is 7.11 Å². The van der Waals surface area contributed by atoms with Crippen molar-refractivity contribution in [3.8, 4) is 11.5 Å². The first kappa shape index (κ1) is 12.2. The summed E-state index contributed by atoms with van der Waals surface area (Å²) < 4.78 is 11.1. The summed E-state index contributed by atoms with van der Waals surface area (Å²) in [7, 11) is 1.62. The second-order valence-electron chi connectivity index (χ2n) is 4.51. The van der Waals surface area contributed by atoms with E-state index in [-0.39, 0.29) is 6.61 Å². The second kappa shape index (κ2) is 5.92. The molecule has 0 radical (unpaired) electrons. The highest BCUT2D eigenvalue weighted by molar-refractivity contribution is 5.40. The number of ether oxygens (including phenoxy) is 2. The van der Waals surface area contributed by atoms with Crippen molar-refractivity contribution in [2.45, 2.75) is 44.8 Å². The van der Waals surface area contributed by atoms with Crippen LogP contribution in [0, 0.1) is 0 Å². The monoisotopic (exact) mass is 236 g/mol. The smallest absolute Gasteiger partial charge is 0.125 e. The van der Waals surface area contributed by atoms with E-state index >= 15 is 0 Å². The fourth-order valence-electron chi connectivity index (χ4n) is 2.28. The highest BCUT2D eigenvalue weighted by atomic mass is 16.5. The van der Waals surface area contributed by atoms with E-state index in [1.165, 1.54) is 19.3 Å². The molecule has 1 N–H and O–H groups in total. The van der Waals surface area contributed by atoms with Crippen LogP contribution in [0.2, 0.25) is 0 Å². The van der Waals surface area contributed by atoms with Gasteiger partial charge in [-0.05, 0) is 43.9 Å². The Morgan fingerprint density at radius 2 is 2.00 bits per heavy atom. The summed E-state index contributed by atoms with van der Waals surface area (Å²) >= 11 is 0. The van der Waals surface area contributed by atoms with Gasteiger partial charge in [0.15, 0.2) is 0 Å². The van der Waals surface area contributed by atoms with Gasteiger partial charge in [-0.25, -0.2) is 0 Å². The maximum atomic E-state index is 9.33. The molecular formula is C14H20O3. The van der Waals surface area contributed by atoms with Crippen LogP contribution in [0.25, 0.3) is 0 Å². The van der Waals surface area contributed by atoms with E-state index in [1.807, 2.05) is 18.2 Å². The summed E-state index contributed by atoms with van der Waals surface area (Å²) in [5.74, 6) is 1.55. The van der Waals surface area contributed by atoms with Crippen molar-refractivity contribution in [1.29, 1.82) is 0 Å². The third-order valence-corrected chi connectivity index (χ3v) is 3.28. The van der Waals surface area contributed by atoms with Crippen LogP contribution in [0.4, 0.5) is 0 Å². The molecule has 0 unspecified atom stereocenters. The number of rotatable bonds is 4. The first-order valence-electron chi connectivity index (χ1n) is 6.28. The van der Waals surface area contributed by atoms with Crippen molar-refractivity contribution >= 4 is 0 Å². The average Bonchev–Trinajstić information content (AvgIpc) is 2.40. The molecule has 0 bridgehead atoms. The average molecular weight is 236 g/mol. The number of aliphatic hydroxyl groups is 1. The molecule has 0 atom stereocenters. The predicted molar refractivity (Wildman–Crippen MR) is 66.4 cm³/mol. The standard InChI is InChI=1S/C14H20O3/c1-16-13-7-8-14(11(9-13)10-15)17-12-5-3-2-4-6-12/h7-9,12,15H,2-6,10H2,1H3. The van der Waals surface area contributed by atoms with Gasteiger partial charge in [-0.15, -0.1) is 0 Å². The van der Waals surface area contributed by atoms with Crippen LogP contribution in [-0.4, -0.2) is 18.3 Å². The van der Waals surface area contributed by atoms with Gasteiger partial charge in [0.25, 0.3) is 0 Å². The molecular weight excluding hydrogens is 216 g/mol. The molecule has 0 heterocycles. The topological polar surface area (TPSA) is 38.7 Å². The third kappa shape index (κ3) is 3.13. The quantitative estimate of drug-likeness (QED) is 0.873. The third-order valence-electron chi connectivity index (χ3n) is 3.28. The molecule has 1 saturated carbocycles. The lowest BCUT2D eigenvalue weighted by Crippen LogP contribution is -2.20. The molecule has 1 aliphatic carbocycles. The minimum absolute atomic E-state index is 0.0146. The molecule has 0 spiro atoms. The molecule has 1 aromatic rings. The maximum absolute atomic E-state index is 9.33. The molecule has 0 saturated heterocycles. The maximum Gasteiger partial charge on any atom is 0.125 e. The van der Waals surface area contributed by atoms with Crippen LogP contribution in [0.1, 0.15) is 37.7 Å². The molecule has 0 amide bonds. The van der Waals surface area contributed by atoms with Gasteiger partial charge in [-0.3, -0.25) is 0 Å². The number of hydrogen-bond donors (Lipinski definition) is 1. The Bertz CT molecular complexity index is 356. The molecule has 0 aliphatic heterocycles. The fourth-order valence-corrected chi connectivity index (χ4v) is 2.28. The Kier molecular flexibility index (Phi) is 4.26. The van der Waals surface area contributed by atoms with Crippen LogP contribution < -0.4 is 9.47 Å². The highest BCUT2D eigenvalue weighted by Gasteiger charge is 2.16. The van der Waals surface area contributed by atoms with Crippen molar-refractivity contribution in [3.63, 3.8) is 0 Å². The number of benzene rings is 1. The van der Waals surface area contributed by atoms with Gasteiger partial charge >= 0.3 is 0 Å². The SMILES string of the molecule is COc1ccc(OC2CCCCC2)c(CO)c1. The molecule has 1 aromatic carbocycles. The van der Waals surface area contributed by atoms with Gasteiger partial charge in [0, 0.05) is 5.56 Å². The minimum Gasteiger partial charge on any atom is -0.497 e. The van der Waals surface area contributed by atoms with Crippen molar-refractivity contribution in [1.82, 2.24) is 0 Å². The Balaban J connectivity index is 2.08. The van der Waals surface area contributed by atoms with Crippen LogP contribution in [0.15, 0.2) is 18.2 Å². The van der Waals surface area contributed by atoms with Crippen molar-refractivity contribution in [3.05, 3.63) is 23.8 Å². The first-order chi connectivity index (χ1) is 8.33. The molecule has 0 aromatic heterocycles. The van der Waals surface area contributed by atoms with E-state index in [2.05, 4.69) is 0 Å². The van der Waals surface area contributed by atoms with E-state index in [0.717, 1.165) is 29.9 Å². The molecule has 94 valence electrons. The summed E-state index contributed by atoms with van der Waals surface area (Å²) in [6, 6.07) is 5.59. The summed E-state index contributed by atoms with van der Waals surface area (Å²) in [6.45, 7) is -0.0146. The van der Waals surface area contributed by atoms with Crippen LogP contribution >= 0.6 is 0 Å². The normalized spacial score (nSPS) is 16.8. The Hall–Kier alpha value is -1.22. The van der Waals surface area contributed by atoms with Gasteiger partial charge < -0.3 is 14.6 Å². The number of hydrogen-bond acceptors (Lipinski definition) is 3. The van der Waals surface area contributed by atoms with Crippen molar-refractivity contribution in [2.24, 2.45) is 0 Å². The van der Waals surface area contributed by atoms with Gasteiger partial charge in [0.05, 0.1) is 19.8 Å². The first-order valence-corrected chi connectivity index (χ1v) is 6.28. The summed E-state index contributed by atoms with van der Waals surface area (Å²) in [5, 5.41) is 9.33. The summed E-state index contributed by atoms with van der Waals surface area (Å²) in [5.41, 5.74) is 0.801. The zero-order valence-corrected chi connectivity index (χ0v) is 10.3.